The number of amides is 2. The summed E-state index contributed by atoms with van der Waals surface area (Å²) in [5.74, 6) is 0.319. The van der Waals surface area contributed by atoms with Crippen LogP contribution in [0.15, 0.2) is 24.5 Å². The lowest BCUT2D eigenvalue weighted by Gasteiger charge is -2.59. The van der Waals surface area contributed by atoms with E-state index < -0.39 is 11.0 Å². The number of rotatable bonds is 2. The summed E-state index contributed by atoms with van der Waals surface area (Å²) in [7, 11) is 0. The molecule has 1 aromatic heterocycles. The first-order valence-electron chi connectivity index (χ1n) is 8.21. The summed E-state index contributed by atoms with van der Waals surface area (Å²) in [4.78, 5) is 28.6. The molecule has 6 nitrogen and oxygen atoms in total. The van der Waals surface area contributed by atoms with Crippen LogP contribution in [-0.4, -0.2) is 27.5 Å². The largest absolute Gasteiger partial charge is 0.390 e. The van der Waals surface area contributed by atoms with Gasteiger partial charge in [0.2, 0.25) is 5.91 Å². The number of nitrogens with zero attached hydrogens (tertiary/aromatic N) is 1. The molecule has 4 aliphatic carbocycles. The van der Waals surface area contributed by atoms with Gasteiger partial charge in [-0.15, -0.1) is 0 Å². The van der Waals surface area contributed by atoms with Crippen LogP contribution in [0.1, 0.15) is 48.9 Å². The maximum absolute atomic E-state index is 12.7. The van der Waals surface area contributed by atoms with Gasteiger partial charge in [-0.2, -0.15) is 0 Å². The number of hydrogen-bond acceptors (Lipinski definition) is 4. The molecule has 0 spiro atoms. The minimum Gasteiger partial charge on any atom is -0.390 e. The van der Waals surface area contributed by atoms with Gasteiger partial charge in [0.05, 0.1) is 16.6 Å². The van der Waals surface area contributed by atoms with Crippen molar-refractivity contribution in [1.29, 1.82) is 0 Å². The van der Waals surface area contributed by atoms with Gasteiger partial charge in [0, 0.05) is 12.4 Å². The van der Waals surface area contributed by atoms with Crippen molar-refractivity contribution in [3.63, 3.8) is 0 Å². The van der Waals surface area contributed by atoms with Gasteiger partial charge < -0.3 is 5.11 Å². The van der Waals surface area contributed by atoms with Crippen LogP contribution in [-0.2, 0) is 4.79 Å². The molecule has 2 amide bonds. The van der Waals surface area contributed by atoms with Crippen LogP contribution in [0.2, 0.25) is 0 Å². The van der Waals surface area contributed by atoms with Gasteiger partial charge in [-0.3, -0.25) is 25.4 Å². The van der Waals surface area contributed by atoms with E-state index in [0.717, 1.165) is 32.1 Å². The van der Waals surface area contributed by atoms with Crippen molar-refractivity contribution in [1.82, 2.24) is 15.8 Å². The average Bonchev–Trinajstić information content (AvgIpc) is 2.50. The van der Waals surface area contributed by atoms with Gasteiger partial charge in [0.1, 0.15) is 0 Å². The van der Waals surface area contributed by atoms with Crippen LogP contribution < -0.4 is 10.9 Å². The van der Waals surface area contributed by atoms with Crippen LogP contribution in [0.5, 0.6) is 0 Å². The number of pyridine rings is 1. The third kappa shape index (κ3) is 2.51. The highest BCUT2D eigenvalue weighted by Crippen LogP contribution is 2.61. The lowest BCUT2D eigenvalue weighted by molar-refractivity contribution is -0.178. The SMILES string of the molecule is O=C(NNC(=O)C12C[C@@H]3C[C@@H](CC(O)(C3)C1)C2)c1cccnc1. The van der Waals surface area contributed by atoms with Gasteiger partial charge in [0.25, 0.3) is 5.91 Å². The predicted molar refractivity (Wildman–Crippen MR) is 81.9 cm³/mol. The molecule has 0 saturated heterocycles. The summed E-state index contributed by atoms with van der Waals surface area (Å²) in [5, 5.41) is 10.7. The van der Waals surface area contributed by atoms with Crippen molar-refractivity contribution in [3.8, 4) is 0 Å². The van der Waals surface area contributed by atoms with E-state index in [4.69, 9.17) is 0 Å². The highest BCUT2D eigenvalue weighted by atomic mass is 16.3. The maximum Gasteiger partial charge on any atom is 0.271 e. The highest BCUT2D eigenvalue weighted by Gasteiger charge is 2.60. The molecule has 4 atom stereocenters. The van der Waals surface area contributed by atoms with Gasteiger partial charge >= 0.3 is 0 Å². The van der Waals surface area contributed by atoms with E-state index in [9.17, 15) is 14.7 Å². The number of hydrazine groups is 1. The minimum atomic E-state index is -0.686. The molecular weight excluding hydrogens is 294 g/mol. The van der Waals surface area contributed by atoms with Gasteiger partial charge in [-0.1, -0.05) is 0 Å². The van der Waals surface area contributed by atoms with E-state index >= 15 is 0 Å². The van der Waals surface area contributed by atoms with E-state index in [1.807, 2.05) is 0 Å². The quantitative estimate of drug-likeness (QED) is 0.715. The van der Waals surface area contributed by atoms with Gasteiger partial charge in [0.15, 0.2) is 0 Å². The summed E-state index contributed by atoms with van der Waals surface area (Å²) >= 11 is 0. The summed E-state index contributed by atoms with van der Waals surface area (Å²) in [6.45, 7) is 0. The fourth-order valence-corrected chi connectivity index (χ4v) is 5.30. The minimum absolute atomic E-state index is 0.165. The lowest BCUT2D eigenvalue weighted by atomic mass is 9.47. The van der Waals surface area contributed by atoms with Crippen molar-refractivity contribution in [3.05, 3.63) is 30.1 Å². The Morgan fingerprint density at radius 2 is 1.91 bits per heavy atom. The highest BCUT2D eigenvalue weighted by molar-refractivity contribution is 5.95. The number of carbonyl (C=O) groups is 2. The molecule has 3 N–H and O–H groups in total. The van der Waals surface area contributed by atoms with Crippen molar-refractivity contribution in [2.75, 3.05) is 0 Å². The Kier molecular flexibility index (Phi) is 3.20. The Morgan fingerprint density at radius 3 is 2.52 bits per heavy atom. The second-order valence-electron chi connectivity index (χ2n) is 7.62. The summed E-state index contributed by atoms with van der Waals surface area (Å²) in [6.07, 6.45) is 7.96. The molecular formula is C17H21N3O3. The van der Waals surface area contributed by atoms with Crippen molar-refractivity contribution < 1.29 is 14.7 Å². The van der Waals surface area contributed by atoms with Crippen LogP contribution >= 0.6 is 0 Å². The first-order valence-corrected chi connectivity index (χ1v) is 8.21. The second-order valence-corrected chi connectivity index (χ2v) is 7.62. The lowest BCUT2D eigenvalue weighted by Crippen LogP contribution is -2.61. The van der Waals surface area contributed by atoms with Crippen molar-refractivity contribution >= 4 is 11.8 Å². The zero-order valence-corrected chi connectivity index (χ0v) is 12.9. The van der Waals surface area contributed by atoms with Gasteiger partial charge in [-0.05, 0) is 62.5 Å². The second kappa shape index (κ2) is 5.03. The number of aliphatic hydroxyl groups is 1. The monoisotopic (exact) mass is 315 g/mol. The Labute approximate surface area is 134 Å². The number of hydrogen-bond donors (Lipinski definition) is 3. The molecule has 4 aliphatic rings. The summed E-state index contributed by atoms with van der Waals surface area (Å²) in [5.41, 5.74) is 4.24. The standard InChI is InChI=1S/C17H21N3O3/c21-14(13-2-1-3-18-9-13)19-20-15(22)16-5-11-4-12(6-16)8-17(23,7-11)10-16/h1-3,9,11-12,23H,4-8,10H2,(H,19,21)(H,20,22)/t11-,12+,16?,17?. The maximum atomic E-state index is 12.7. The molecule has 4 bridgehead atoms. The number of nitrogens with one attached hydrogen (secondary N) is 2. The van der Waals surface area contributed by atoms with Crippen LogP contribution in [0.3, 0.4) is 0 Å². The van der Waals surface area contributed by atoms with E-state index in [2.05, 4.69) is 15.8 Å². The number of aromatic nitrogens is 1. The molecule has 0 aromatic carbocycles. The molecule has 6 heteroatoms. The van der Waals surface area contributed by atoms with Crippen LogP contribution in [0.4, 0.5) is 0 Å². The fraction of sp³-hybridized carbons (Fsp3) is 0.588. The van der Waals surface area contributed by atoms with Crippen molar-refractivity contribution in [2.45, 2.75) is 44.1 Å². The van der Waals surface area contributed by atoms with Gasteiger partial charge in [-0.25, -0.2) is 0 Å². The molecule has 5 rings (SSSR count). The van der Waals surface area contributed by atoms with Crippen LogP contribution in [0.25, 0.3) is 0 Å². The molecule has 1 heterocycles. The number of carbonyl (C=O) groups excluding carboxylic acids is 2. The molecule has 23 heavy (non-hydrogen) atoms. The summed E-state index contributed by atoms with van der Waals surface area (Å²) < 4.78 is 0. The topological polar surface area (TPSA) is 91.3 Å². The zero-order valence-electron chi connectivity index (χ0n) is 12.9. The Bertz CT molecular complexity index is 632. The first-order chi connectivity index (χ1) is 11.0. The Hall–Kier alpha value is -1.95. The average molecular weight is 315 g/mol. The Morgan fingerprint density at radius 1 is 1.17 bits per heavy atom. The third-order valence-electron chi connectivity index (χ3n) is 5.73. The van der Waals surface area contributed by atoms with E-state index in [0.29, 0.717) is 23.8 Å². The third-order valence-corrected chi connectivity index (χ3v) is 5.73. The van der Waals surface area contributed by atoms with Crippen LogP contribution in [0, 0.1) is 17.3 Å². The fourth-order valence-electron chi connectivity index (χ4n) is 5.30. The molecule has 4 saturated carbocycles. The smallest absolute Gasteiger partial charge is 0.271 e. The molecule has 0 radical (unpaired) electrons. The summed E-state index contributed by atoms with van der Waals surface area (Å²) in [6, 6.07) is 3.31. The molecule has 4 fully saturated rings. The van der Waals surface area contributed by atoms with Crippen molar-refractivity contribution in [2.24, 2.45) is 17.3 Å². The first kappa shape index (κ1) is 14.6. The predicted octanol–water partition coefficient (Wildman–Crippen LogP) is 1.17. The molecule has 0 aliphatic heterocycles. The van der Waals surface area contributed by atoms with E-state index in [1.54, 1.807) is 18.3 Å². The van der Waals surface area contributed by atoms with E-state index in [-0.39, 0.29) is 11.8 Å². The molecule has 2 unspecified atom stereocenters. The normalized spacial score (nSPS) is 37.4. The Balaban J connectivity index is 1.44. The zero-order chi connectivity index (χ0) is 16.1. The molecule has 122 valence electrons. The van der Waals surface area contributed by atoms with E-state index in [1.165, 1.54) is 6.20 Å². The molecule has 1 aromatic rings.